The molecule has 0 bridgehead atoms. The highest BCUT2D eigenvalue weighted by Gasteiger charge is 2.30. The van der Waals surface area contributed by atoms with E-state index in [9.17, 15) is 13.7 Å². The SMILES string of the molecule is COc1ccc(S(=O)(=O)Oc2c(-c3ccccc3)c(-c3ccccc3)n3cccc(C#N)c23)c(OC)c1. The van der Waals surface area contributed by atoms with E-state index in [4.69, 9.17) is 13.7 Å². The summed E-state index contributed by atoms with van der Waals surface area (Å²) in [7, 11) is -1.55. The van der Waals surface area contributed by atoms with Crippen LogP contribution in [-0.2, 0) is 10.1 Å². The van der Waals surface area contributed by atoms with Crippen LogP contribution < -0.4 is 13.7 Å². The molecule has 0 aliphatic carbocycles. The predicted octanol–water partition coefficient (Wildman–Crippen LogP) is 5.93. The van der Waals surface area contributed by atoms with Gasteiger partial charge in [-0.1, -0.05) is 60.7 Å². The Bertz CT molecular complexity index is 1740. The van der Waals surface area contributed by atoms with Gasteiger partial charge in [-0.15, -0.1) is 0 Å². The number of rotatable bonds is 7. The van der Waals surface area contributed by atoms with Crippen LogP contribution in [0.5, 0.6) is 17.2 Å². The van der Waals surface area contributed by atoms with Gasteiger partial charge in [0.2, 0.25) is 0 Å². The van der Waals surface area contributed by atoms with Gasteiger partial charge in [-0.05, 0) is 35.4 Å². The van der Waals surface area contributed by atoms with Crippen LogP contribution in [0.15, 0.2) is 102 Å². The number of pyridine rings is 1. The van der Waals surface area contributed by atoms with Crippen LogP contribution in [0, 0.1) is 11.3 Å². The Balaban J connectivity index is 1.84. The lowest BCUT2D eigenvalue weighted by Crippen LogP contribution is -2.12. The summed E-state index contributed by atoms with van der Waals surface area (Å²) in [6.45, 7) is 0. The Kier molecular flexibility index (Phi) is 6.30. The summed E-state index contributed by atoms with van der Waals surface area (Å²) in [5.74, 6) is 0.571. The van der Waals surface area contributed by atoms with Crippen molar-refractivity contribution in [1.29, 1.82) is 5.26 Å². The lowest BCUT2D eigenvalue weighted by atomic mass is 10.0. The van der Waals surface area contributed by atoms with Crippen molar-refractivity contribution < 1.29 is 22.1 Å². The Hall–Kier alpha value is -4.74. The highest BCUT2D eigenvalue weighted by Crippen LogP contribution is 2.46. The predicted molar refractivity (Wildman–Crippen MR) is 140 cm³/mol. The summed E-state index contributed by atoms with van der Waals surface area (Å²) in [4.78, 5) is -0.162. The van der Waals surface area contributed by atoms with Gasteiger partial charge in [-0.25, -0.2) is 0 Å². The highest BCUT2D eigenvalue weighted by molar-refractivity contribution is 7.87. The molecular weight excluding hydrogens is 488 g/mol. The summed E-state index contributed by atoms with van der Waals surface area (Å²) >= 11 is 0. The van der Waals surface area contributed by atoms with Gasteiger partial charge in [-0.3, -0.25) is 0 Å². The lowest BCUT2D eigenvalue weighted by molar-refractivity contribution is 0.383. The van der Waals surface area contributed by atoms with Gasteiger partial charge >= 0.3 is 10.1 Å². The molecule has 184 valence electrons. The van der Waals surface area contributed by atoms with Crippen molar-refractivity contribution in [3.63, 3.8) is 0 Å². The van der Waals surface area contributed by atoms with Gasteiger partial charge in [0, 0.05) is 12.3 Å². The van der Waals surface area contributed by atoms with E-state index in [1.165, 1.54) is 32.4 Å². The molecule has 0 N–H and O–H groups in total. The highest BCUT2D eigenvalue weighted by atomic mass is 32.2. The summed E-state index contributed by atoms with van der Waals surface area (Å²) in [5, 5.41) is 9.95. The lowest BCUT2D eigenvalue weighted by Gasteiger charge is -2.13. The normalized spacial score (nSPS) is 11.2. The fourth-order valence-electron chi connectivity index (χ4n) is 4.33. The van der Waals surface area contributed by atoms with Gasteiger partial charge in [0.1, 0.15) is 28.0 Å². The average Bonchev–Trinajstić information content (AvgIpc) is 3.27. The van der Waals surface area contributed by atoms with Crippen LogP contribution in [0.3, 0.4) is 0 Å². The largest absolute Gasteiger partial charge is 0.497 e. The molecule has 2 aromatic heterocycles. The van der Waals surface area contributed by atoms with Crippen LogP contribution in [0.1, 0.15) is 5.56 Å². The van der Waals surface area contributed by atoms with E-state index >= 15 is 0 Å². The minimum Gasteiger partial charge on any atom is -0.497 e. The first-order chi connectivity index (χ1) is 18.0. The molecule has 3 aromatic carbocycles. The standard InChI is InChI=1S/C29H22N2O5S/c1-34-23-15-16-25(24(18-23)35-2)37(32,33)36-29-26(20-10-5-3-6-11-20)27(21-12-7-4-8-13-21)31-17-9-14-22(19-30)28(29)31/h3-18H,1-2H3. The number of nitrogens with zero attached hydrogens (tertiary/aromatic N) is 2. The molecule has 0 saturated carbocycles. The quantitative estimate of drug-likeness (QED) is 0.252. The maximum Gasteiger partial charge on any atom is 0.343 e. The molecule has 7 nitrogen and oxygen atoms in total. The van der Waals surface area contributed by atoms with Gasteiger partial charge < -0.3 is 18.1 Å². The van der Waals surface area contributed by atoms with Gasteiger partial charge in [0.15, 0.2) is 5.75 Å². The van der Waals surface area contributed by atoms with E-state index in [1.54, 1.807) is 22.7 Å². The molecule has 0 aliphatic rings. The molecule has 0 fully saturated rings. The Labute approximate surface area is 214 Å². The number of nitriles is 1. The molecule has 37 heavy (non-hydrogen) atoms. The van der Waals surface area contributed by atoms with E-state index in [0.717, 1.165) is 11.1 Å². The number of ether oxygens (including phenoxy) is 2. The summed E-state index contributed by atoms with van der Waals surface area (Å²) < 4.78 is 45.7. The zero-order valence-corrected chi connectivity index (χ0v) is 20.9. The molecule has 0 spiro atoms. The third-order valence-electron chi connectivity index (χ3n) is 5.98. The number of hydrogen-bond acceptors (Lipinski definition) is 6. The topological polar surface area (TPSA) is 90.0 Å². The molecule has 5 rings (SSSR count). The molecule has 2 heterocycles. The second-order valence-corrected chi connectivity index (χ2v) is 9.61. The monoisotopic (exact) mass is 510 g/mol. The van der Waals surface area contributed by atoms with E-state index < -0.39 is 10.1 Å². The van der Waals surface area contributed by atoms with Crippen molar-refractivity contribution in [3.8, 4) is 45.7 Å². The van der Waals surface area contributed by atoms with Crippen LogP contribution in [0.4, 0.5) is 0 Å². The molecule has 0 unspecified atom stereocenters. The van der Waals surface area contributed by atoms with Crippen LogP contribution >= 0.6 is 0 Å². The Morgan fingerprint density at radius 2 is 1.49 bits per heavy atom. The number of methoxy groups -OCH3 is 2. The van der Waals surface area contributed by atoms with Crippen molar-refractivity contribution in [1.82, 2.24) is 4.40 Å². The molecule has 8 heteroatoms. The van der Waals surface area contributed by atoms with Crippen LogP contribution in [0.25, 0.3) is 27.9 Å². The number of benzene rings is 3. The number of hydrogen-bond donors (Lipinski definition) is 0. The van der Waals surface area contributed by atoms with Crippen LogP contribution in [0.2, 0.25) is 0 Å². The van der Waals surface area contributed by atoms with Gasteiger partial charge in [0.25, 0.3) is 0 Å². The molecule has 5 aromatic rings. The Morgan fingerprint density at radius 1 is 0.811 bits per heavy atom. The van der Waals surface area contributed by atoms with Gasteiger partial charge in [0.05, 0.1) is 31.0 Å². The first-order valence-electron chi connectivity index (χ1n) is 11.3. The van der Waals surface area contributed by atoms with Crippen molar-refractivity contribution in [2.45, 2.75) is 4.90 Å². The molecule has 0 aliphatic heterocycles. The zero-order valence-electron chi connectivity index (χ0n) is 20.1. The number of aromatic nitrogens is 1. The minimum atomic E-state index is -4.40. The van der Waals surface area contributed by atoms with Gasteiger partial charge in [-0.2, -0.15) is 13.7 Å². The molecule has 0 amide bonds. The van der Waals surface area contributed by atoms with E-state index in [0.29, 0.717) is 22.5 Å². The fourth-order valence-corrected chi connectivity index (χ4v) is 5.43. The minimum absolute atomic E-state index is 0.0556. The summed E-state index contributed by atoms with van der Waals surface area (Å²) in [5.41, 5.74) is 3.44. The third kappa shape index (κ3) is 4.26. The Morgan fingerprint density at radius 3 is 2.11 bits per heavy atom. The first-order valence-corrected chi connectivity index (χ1v) is 12.7. The molecule has 0 radical (unpaired) electrons. The smallest absolute Gasteiger partial charge is 0.343 e. The van der Waals surface area contributed by atoms with E-state index in [1.807, 2.05) is 60.7 Å². The van der Waals surface area contributed by atoms with E-state index in [-0.39, 0.29) is 22.0 Å². The van der Waals surface area contributed by atoms with Crippen molar-refractivity contribution in [2.24, 2.45) is 0 Å². The van der Waals surface area contributed by atoms with E-state index in [2.05, 4.69) is 6.07 Å². The second-order valence-electron chi connectivity index (χ2n) is 8.09. The van der Waals surface area contributed by atoms with Crippen molar-refractivity contribution >= 4 is 15.6 Å². The average molecular weight is 511 g/mol. The molecule has 0 saturated heterocycles. The summed E-state index contributed by atoms with van der Waals surface area (Å²) in [6, 6.07) is 28.8. The maximum atomic E-state index is 13.7. The summed E-state index contributed by atoms with van der Waals surface area (Å²) in [6.07, 6.45) is 1.79. The number of fused-ring (bicyclic) bond motifs is 1. The maximum absolute atomic E-state index is 13.7. The molecule has 0 atom stereocenters. The van der Waals surface area contributed by atoms with Crippen LogP contribution in [-0.4, -0.2) is 27.0 Å². The first kappa shape index (κ1) is 24.0. The molecular formula is C29H22N2O5S. The van der Waals surface area contributed by atoms with Crippen molar-refractivity contribution in [2.75, 3.05) is 14.2 Å². The fraction of sp³-hybridized carbons (Fsp3) is 0.0690. The zero-order chi connectivity index (χ0) is 26.0. The second kappa shape index (κ2) is 9.72. The van der Waals surface area contributed by atoms with Crippen molar-refractivity contribution in [3.05, 3.63) is 103 Å². The third-order valence-corrected chi connectivity index (χ3v) is 7.24.